The van der Waals surface area contributed by atoms with Gasteiger partial charge in [-0.05, 0) is 89.9 Å². The molecule has 0 aliphatic heterocycles. The van der Waals surface area contributed by atoms with Crippen molar-refractivity contribution in [1.82, 2.24) is 0 Å². The van der Waals surface area contributed by atoms with Crippen molar-refractivity contribution in [2.45, 2.75) is 425 Å². The molecule has 0 rings (SSSR count). The molecule has 0 spiro atoms. The lowest BCUT2D eigenvalue weighted by Gasteiger charge is -2.34. The van der Waals surface area contributed by atoms with Gasteiger partial charge in [0.1, 0.15) is 11.2 Å². The van der Waals surface area contributed by atoms with Crippen LogP contribution < -0.4 is 0 Å². The van der Waals surface area contributed by atoms with Crippen LogP contribution in [0.5, 0.6) is 0 Å². The Hall–Kier alpha value is -1.06. The first-order valence-corrected chi connectivity index (χ1v) is 33.8. The fourth-order valence-corrected chi connectivity index (χ4v) is 11.7. The van der Waals surface area contributed by atoms with E-state index >= 15 is 0 Å². The maximum absolute atomic E-state index is 13.7. The summed E-state index contributed by atoms with van der Waals surface area (Å²) in [6, 6.07) is 0. The van der Waals surface area contributed by atoms with Gasteiger partial charge < -0.3 is 9.47 Å². The minimum Gasteiger partial charge on any atom is -0.459 e. The lowest BCUT2D eigenvalue weighted by molar-refractivity contribution is -0.164. The Morgan fingerprint density at radius 3 is 0.514 bits per heavy atom. The van der Waals surface area contributed by atoms with E-state index < -0.39 is 0 Å². The zero-order chi connectivity index (χ0) is 52.6. The topological polar surface area (TPSA) is 52.6 Å². The molecule has 0 aromatic carbocycles. The summed E-state index contributed by atoms with van der Waals surface area (Å²) in [5.74, 6) is 0.150. The molecule has 0 aliphatic rings. The second-order valence-corrected chi connectivity index (χ2v) is 23.9. The SMILES string of the molecule is CCCCCCCCCCCC(CCCCCCCC)(CCCCCCCC)OC(=O)CCCCCCCCCCC(=O)OC(CCCCCCCC)(CCCCCCCC)CCCCCCCCCCC. The molecule has 72 heavy (non-hydrogen) atoms. The number of hydrogen-bond donors (Lipinski definition) is 0. The van der Waals surface area contributed by atoms with Crippen molar-refractivity contribution in [3.8, 4) is 0 Å². The number of hydrogen-bond acceptors (Lipinski definition) is 4. The van der Waals surface area contributed by atoms with Crippen LogP contribution >= 0.6 is 0 Å². The quantitative estimate of drug-likeness (QED) is 0.0450. The minimum atomic E-state index is -0.254. The first-order chi connectivity index (χ1) is 35.4. The van der Waals surface area contributed by atoms with E-state index in [0.717, 1.165) is 64.2 Å². The van der Waals surface area contributed by atoms with Crippen LogP contribution in [0.15, 0.2) is 0 Å². The lowest BCUT2D eigenvalue weighted by Crippen LogP contribution is -2.35. The normalized spacial score (nSPS) is 12.0. The minimum absolute atomic E-state index is 0.0749. The van der Waals surface area contributed by atoms with Crippen LogP contribution in [0.1, 0.15) is 414 Å². The molecule has 0 aromatic rings. The molecule has 0 unspecified atom stereocenters. The molecule has 0 fully saturated rings. The Kier molecular flexibility index (Phi) is 55.3. The molecule has 0 bridgehead atoms. The van der Waals surface area contributed by atoms with Crippen molar-refractivity contribution in [3.63, 3.8) is 0 Å². The molecule has 0 amide bonds. The van der Waals surface area contributed by atoms with Gasteiger partial charge in [0.05, 0.1) is 0 Å². The predicted octanol–water partition coefficient (Wildman–Crippen LogP) is 24.3. The number of carbonyl (C=O) groups excluding carboxylic acids is 2. The Balaban J connectivity index is 5.16. The van der Waals surface area contributed by atoms with Gasteiger partial charge in [0.25, 0.3) is 0 Å². The van der Waals surface area contributed by atoms with E-state index in [1.54, 1.807) is 0 Å². The summed E-state index contributed by atoms with van der Waals surface area (Å²) in [6.07, 6.45) is 71.6. The highest BCUT2D eigenvalue weighted by Gasteiger charge is 2.34. The van der Waals surface area contributed by atoms with Gasteiger partial charge in [-0.15, -0.1) is 0 Å². The van der Waals surface area contributed by atoms with Gasteiger partial charge in [-0.1, -0.05) is 311 Å². The zero-order valence-corrected chi connectivity index (χ0v) is 50.6. The molecular weight excluding hydrogens is 881 g/mol. The van der Waals surface area contributed by atoms with Crippen LogP contribution in [0.25, 0.3) is 0 Å². The van der Waals surface area contributed by atoms with Crippen LogP contribution in [-0.4, -0.2) is 23.1 Å². The summed E-state index contributed by atoms with van der Waals surface area (Å²) >= 11 is 0. The average molecular weight is 1020 g/mol. The van der Waals surface area contributed by atoms with Crippen molar-refractivity contribution in [2.75, 3.05) is 0 Å². The number of esters is 2. The third-order valence-corrected chi connectivity index (χ3v) is 16.6. The van der Waals surface area contributed by atoms with E-state index in [1.165, 1.54) is 295 Å². The standard InChI is InChI=1S/C68H134O4/c1-7-13-19-25-31-35-39-47-55-63-67(59-51-43-27-21-15-9-3,60-52-44-28-22-16-10-4)71-65(69)57-49-41-37-33-34-38-42-50-58-66(70)72-68(61-53-45-29-23-17-11-5,62-54-46-30-24-18-12-6)64-56-48-40-36-32-26-20-14-8-2/h7-64H2,1-6H3. The number of unbranched alkanes of at least 4 members (excludes halogenated alkanes) is 43. The third kappa shape index (κ3) is 47.4. The summed E-state index contributed by atoms with van der Waals surface area (Å²) in [6.45, 7) is 13.8. The van der Waals surface area contributed by atoms with Crippen LogP contribution in [0.2, 0.25) is 0 Å². The van der Waals surface area contributed by atoms with Crippen molar-refractivity contribution >= 4 is 11.9 Å². The summed E-state index contributed by atoms with van der Waals surface area (Å²) in [5, 5.41) is 0. The average Bonchev–Trinajstić information content (AvgIpc) is 3.37. The second kappa shape index (κ2) is 56.2. The summed E-state index contributed by atoms with van der Waals surface area (Å²) in [7, 11) is 0. The van der Waals surface area contributed by atoms with Gasteiger partial charge in [-0.3, -0.25) is 9.59 Å². The van der Waals surface area contributed by atoms with Crippen LogP contribution in [0, 0.1) is 0 Å². The maximum atomic E-state index is 13.7. The largest absolute Gasteiger partial charge is 0.459 e. The molecule has 4 nitrogen and oxygen atoms in total. The first kappa shape index (κ1) is 70.9. The summed E-state index contributed by atoms with van der Waals surface area (Å²) in [4.78, 5) is 27.4. The molecular formula is C68H134O4. The van der Waals surface area contributed by atoms with E-state index in [-0.39, 0.29) is 23.1 Å². The summed E-state index contributed by atoms with van der Waals surface area (Å²) in [5.41, 5.74) is -0.507. The Bertz CT molecular complexity index is 968. The van der Waals surface area contributed by atoms with Crippen LogP contribution in [-0.2, 0) is 19.1 Å². The highest BCUT2D eigenvalue weighted by Crippen LogP contribution is 2.36. The molecule has 0 saturated heterocycles. The van der Waals surface area contributed by atoms with Crippen LogP contribution in [0.4, 0.5) is 0 Å². The molecule has 0 N–H and O–H groups in total. The first-order valence-electron chi connectivity index (χ1n) is 33.8. The van der Waals surface area contributed by atoms with Crippen LogP contribution in [0.3, 0.4) is 0 Å². The lowest BCUT2D eigenvalue weighted by atomic mass is 9.84. The number of carbonyl (C=O) groups is 2. The monoisotopic (exact) mass is 1020 g/mol. The van der Waals surface area contributed by atoms with Crippen molar-refractivity contribution < 1.29 is 19.1 Å². The number of rotatable bonds is 61. The summed E-state index contributed by atoms with van der Waals surface area (Å²) < 4.78 is 13.5. The second-order valence-electron chi connectivity index (χ2n) is 23.9. The Labute approximate surface area is 454 Å². The van der Waals surface area contributed by atoms with E-state index in [0.29, 0.717) is 12.8 Å². The molecule has 4 heteroatoms. The van der Waals surface area contributed by atoms with Gasteiger partial charge >= 0.3 is 11.9 Å². The van der Waals surface area contributed by atoms with Crippen molar-refractivity contribution in [3.05, 3.63) is 0 Å². The third-order valence-electron chi connectivity index (χ3n) is 16.6. The molecule has 0 saturated carbocycles. The Morgan fingerprint density at radius 2 is 0.347 bits per heavy atom. The van der Waals surface area contributed by atoms with Gasteiger partial charge in [-0.25, -0.2) is 0 Å². The molecule has 0 radical (unpaired) electrons. The number of ether oxygens (including phenoxy) is 2. The van der Waals surface area contributed by atoms with E-state index in [1.807, 2.05) is 0 Å². The molecule has 0 aromatic heterocycles. The molecule has 0 aliphatic carbocycles. The predicted molar refractivity (Wildman–Crippen MR) is 319 cm³/mol. The molecule has 430 valence electrons. The van der Waals surface area contributed by atoms with E-state index in [2.05, 4.69) is 41.5 Å². The Morgan fingerprint density at radius 1 is 0.208 bits per heavy atom. The van der Waals surface area contributed by atoms with Gasteiger partial charge in [0, 0.05) is 12.8 Å². The highest BCUT2D eigenvalue weighted by atomic mass is 16.6. The smallest absolute Gasteiger partial charge is 0.306 e. The van der Waals surface area contributed by atoms with E-state index in [4.69, 9.17) is 9.47 Å². The van der Waals surface area contributed by atoms with Gasteiger partial charge in [0.15, 0.2) is 0 Å². The highest BCUT2D eigenvalue weighted by molar-refractivity contribution is 5.70. The zero-order valence-electron chi connectivity index (χ0n) is 50.6. The molecule has 0 heterocycles. The fourth-order valence-electron chi connectivity index (χ4n) is 11.7. The van der Waals surface area contributed by atoms with Gasteiger partial charge in [-0.2, -0.15) is 0 Å². The van der Waals surface area contributed by atoms with Crippen molar-refractivity contribution in [2.24, 2.45) is 0 Å². The molecule has 0 atom stereocenters. The maximum Gasteiger partial charge on any atom is 0.306 e. The van der Waals surface area contributed by atoms with E-state index in [9.17, 15) is 9.59 Å². The fraction of sp³-hybridized carbons (Fsp3) is 0.971. The van der Waals surface area contributed by atoms with Crippen molar-refractivity contribution in [1.29, 1.82) is 0 Å². The van der Waals surface area contributed by atoms with Gasteiger partial charge in [0.2, 0.25) is 0 Å².